The molecule has 0 spiro atoms. The molecule has 2 heterocycles. The van der Waals surface area contributed by atoms with Crippen molar-refractivity contribution in [1.82, 2.24) is 20.3 Å². The van der Waals surface area contributed by atoms with E-state index in [-0.39, 0.29) is 0 Å². The van der Waals surface area contributed by atoms with Gasteiger partial charge in [-0.1, -0.05) is 5.16 Å². The molecule has 0 bridgehead atoms. The zero-order valence-corrected chi connectivity index (χ0v) is 18.9. The number of H-pyrrole nitrogens is 1. The topological polar surface area (TPSA) is 105 Å². The summed E-state index contributed by atoms with van der Waals surface area (Å²) in [6.07, 6.45) is 1.76. The lowest BCUT2D eigenvalue weighted by molar-refractivity contribution is 0.298. The molecule has 5 aromatic rings. The predicted molar refractivity (Wildman–Crippen MR) is 125 cm³/mol. The molecule has 0 aliphatic heterocycles. The van der Waals surface area contributed by atoms with Crippen LogP contribution in [0.25, 0.3) is 33.7 Å². The highest BCUT2D eigenvalue weighted by molar-refractivity contribution is 5.82. The van der Waals surface area contributed by atoms with E-state index in [4.69, 9.17) is 23.5 Å². The number of aromatic nitrogens is 4. The minimum absolute atomic E-state index is 0.332. The Morgan fingerprint density at radius 3 is 2.29 bits per heavy atom. The van der Waals surface area contributed by atoms with Crippen molar-refractivity contribution in [1.29, 1.82) is 0 Å². The maximum Gasteiger partial charge on any atom is 0.258 e. The molecule has 5 rings (SSSR count). The van der Waals surface area contributed by atoms with E-state index in [9.17, 15) is 0 Å². The van der Waals surface area contributed by atoms with Crippen molar-refractivity contribution in [2.45, 2.75) is 6.61 Å². The highest BCUT2D eigenvalue weighted by Gasteiger charge is 2.14. The monoisotopic (exact) mass is 458 g/mol. The van der Waals surface area contributed by atoms with Gasteiger partial charge in [-0.25, -0.2) is 0 Å². The summed E-state index contributed by atoms with van der Waals surface area (Å²) in [5.74, 6) is 3.35. The number of nitrogens with zero attached hydrogens (tertiary/aromatic N) is 3. The van der Waals surface area contributed by atoms with Crippen LogP contribution in [0.4, 0.5) is 0 Å². The molecule has 0 aliphatic carbocycles. The zero-order valence-electron chi connectivity index (χ0n) is 18.9. The summed E-state index contributed by atoms with van der Waals surface area (Å²) in [6.45, 7) is 0.332. The molecule has 0 unspecified atom stereocenters. The molecule has 3 aromatic carbocycles. The van der Waals surface area contributed by atoms with Gasteiger partial charge in [0.25, 0.3) is 5.89 Å². The fraction of sp³-hybridized carbons (Fsp3) is 0.160. The molecule has 0 aliphatic rings. The lowest BCUT2D eigenvalue weighted by Crippen LogP contribution is -2.00. The lowest BCUT2D eigenvalue weighted by Gasteiger charge is -2.14. The average molecular weight is 458 g/mol. The Kier molecular flexibility index (Phi) is 5.73. The number of methoxy groups -OCH3 is 3. The molecule has 0 fully saturated rings. The van der Waals surface area contributed by atoms with Gasteiger partial charge < -0.3 is 23.5 Å². The molecule has 9 heteroatoms. The van der Waals surface area contributed by atoms with E-state index in [0.29, 0.717) is 41.3 Å². The van der Waals surface area contributed by atoms with Gasteiger partial charge in [-0.15, -0.1) is 0 Å². The number of hydrogen-bond acceptors (Lipinski definition) is 8. The third kappa shape index (κ3) is 4.11. The van der Waals surface area contributed by atoms with Crippen molar-refractivity contribution >= 4 is 10.9 Å². The van der Waals surface area contributed by atoms with Crippen LogP contribution in [0, 0.1) is 0 Å². The van der Waals surface area contributed by atoms with Gasteiger partial charge in [0.15, 0.2) is 11.5 Å². The van der Waals surface area contributed by atoms with Crippen molar-refractivity contribution in [3.63, 3.8) is 0 Å². The maximum absolute atomic E-state index is 5.94. The summed E-state index contributed by atoms with van der Waals surface area (Å²) in [6, 6.07) is 17.0. The highest BCUT2D eigenvalue weighted by atomic mass is 16.5. The smallest absolute Gasteiger partial charge is 0.258 e. The van der Waals surface area contributed by atoms with Crippen molar-refractivity contribution in [3.05, 3.63) is 66.4 Å². The van der Waals surface area contributed by atoms with Gasteiger partial charge in [-0.05, 0) is 60.2 Å². The van der Waals surface area contributed by atoms with E-state index in [1.54, 1.807) is 27.5 Å². The maximum atomic E-state index is 5.94. The summed E-state index contributed by atoms with van der Waals surface area (Å²) >= 11 is 0. The number of aromatic amines is 1. The third-order valence-corrected chi connectivity index (χ3v) is 5.36. The standard InChI is InChI=1S/C25H22N4O5/c1-30-21-10-15(11-22(31-2)23(21)32-3)14-33-19-7-4-16(5-8-19)24-27-25(34-29-24)17-6-9-20-18(12-17)13-26-28-20/h4-13H,14H2,1-3H3,(H,26,28). The Labute approximate surface area is 195 Å². The molecule has 34 heavy (non-hydrogen) atoms. The van der Waals surface area contributed by atoms with Crippen LogP contribution < -0.4 is 18.9 Å². The Morgan fingerprint density at radius 1 is 0.853 bits per heavy atom. The molecule has 172 valence electrons. The Bertz CT molecular complexity index is 1400. The van der Waals surface area contributed by atoms with Gasteiger partial charge in [-0.3, -0.25) is 5.10 Å². The Balaban J connectivity index is 1.29. The predicted octanol–water partition coefficient (Wildman–Crippen LogP) is 4.88. The van der Waals surface area contributed by atoms with Crippen LogP contribution in [0.2, 0.25) is 0 Å². The fourth-order valence-corrected chi connectivity index (χ4v) is 3.62. The first-order valence-electron chi connectivity index (χ1n) is 10.5. The SMILES string of the molecule is COc1cc(COc2ccc(-c3noc(-c4ccc5[nH]ncc5c4)n3)cc2)cc(OC)c1OC. The number of hydrogen-bond donors (Lipinski definition) is 1. The summed E-state index contributed by atoms with van der Waals surface area (Å²) < 4.78 is 27.6. The molecule has 0 saturated carbocycles. The fourth-order valence-electron chi connectivity index (χ4n) is 3.62. The molecule has 0 atom stereocenters. The molecule has 2 aromatic heterocycles. The van der Waals surface area contributed by atoms with E-state index in [0.717, 1.165) is 27.6 Å². The zero-order chi connectivity index (χ0) is 23.5. The Hall–Kier alpha value is -4.53. The number of ether oxygens (including phenoxy) is 4. The summed E-state index contributed by atoms with van der Waals surface area (Å²) in [7, 11) is 4.74. The summed E-state index contributed by atoms with van der Waals surface area (Å²) in [4.78, 5) is 4.53. The van der Waals surface area contributed by atoms with Gasteiger partial charge in [-0.2, -0.15) is 10.1 Å². The second-order valence-corrected chi connectivity index (χ2v) is 7.44. The van der Waals surface area contributed by atoms with Crippen LogP contribution in [-0.4, -0.2) is 41.7 Å². The molecule has 1 N–H and O–H groups in total. The van der Waals surface area contributed by atoms with Crippen LogP contribution >= 0.6 is 0 Å². The van der Waals surface area contributed by atoms with Gasteiger partial charge in [0.2, 0.25) is 11.6 Å². The molecule has 0 radical (unpaired) electrons. The van der Waals surface area contributed by atoms with Crippen LogP contribution in [0.1, 0.15) is 5.56 Å². The number of rotatable bonds is 8. The lowest BCUT2D eigenvalue weighted by atomic mass is 10.1. The van der Waals surface area contributed by atoms with Crippen molar-refractivity contribution in [2.24, 2.45) is 0 Å². The van der Waals surface area contributed by atoms with Gasteiger partial charge >= 0.3 is 0 Å². The van der Waals surface area contributed by atoms with Crippen LogP contribution in [0.3, 0.4) is 0 Å². The minimum Gasteiger partial charge on any atom is -0.493 e. The molecular formula is C25H22N4O5. The summed E-state index contributed by atoms with van der Waals surface area (Å²) in [5.41, 5.74) is 3.49. The van der Waals surface area contributed by atoms with E-state index in [1.807, 2.05) is 54.6 Å². The average Bonchev–Trinajstić information content (AvgIpc) is 3.56. The van der Waals surface area contributed by atoms with Crippen molar-refractivity contribution in [3.8, 4) is 45.8 Å². The molecule has 0 amide bonds. The van der Waals surface area contributed by atoms with E-state index < -0.39 is 0 Å². The largest absolute Gasteiger partial charge is 0.493 e. The van der Waals surface area contributed by atoms with E-state index in [2.05, 4.69) is 20.3 Å². The van der Waals surface area contributed by atoms with Gasteiger partial charge in [0.05, 0.1) is 33.0 Å². The second kappa shape index (κ2) is 9.14. The third-order valence-electron chi connectivity index (χ3n) is 5.36. The number of benzene rings is 3. The highest BCUT2D eigenvalue weighted by Crippen LogP contribution is 2.38. The molecular weight excluding hydrogens is 436 g/mol. The van der Waals surface area contributed by atoms with Gasteiger partial charge in [0.1, 0.15) is 12.4 Å². The molecule has 0 saturated heterocycles. The van der Waals surface area contributed by atoms with Crippen molar-refractivity contribution in [2.75, 3.05) is 21.3 Å². The van der Waals surface area contributed by atoms with E-state index >= 15 is 0 Å². The van der Waals surface area contributed by atoms with Crippen molar-refractivity contribution < 1.29 is 23.5 Å². The minimum atomic E-state index is 0.332. The normalized spacial score (nSPS) is 10.9. The van der Waals surface area contributed by atoms with Crippen LogP contribution in [0.15, 0.2) is 65.3 Å². The first kappa shape index (κ1) is 21.3. The van der Waals surface area contributed by atoms with Gasteiger partial charge in [0, 0.05) is 16.5 Å². The Morgan fingerprint density at radius 2 is 1.59 bits per heavy atom. The number of fused-ring (bicyclic) bond motifs is 1. The molecule has 9 nitrogen and oxygen atoms in total. The first-order valence-corrected chi connectivity index (χ1v) is 10.5. The van der Waals surface area contributed by atoms with Crippen LogP contribution in [-0.2, 0) is 6.61 Å². The number of nitrogens with one attached hydrogen (secondary N) is 1. The summed E-state index contributed by atoms with van der Waals surface area (Å²) in [5, 5.41) is 12.1. The second-order valence-electron chi connectivity index (χ2n) is 7.44. The quantitative estimate of drug-likeness (QED) is 0.351. The van der Waals surface area contributed by atoms with Crippen LogP contribution in [0.5, 0.6) is 23.0 Å². The van der Waals surface area contributed by atoms with E-state index in [1.165, 1.54) is 0 Å². The first-order chi connectivity index (χ1) is 16.7.